The molecule has 3 nitrogen and oxygen atoms in total. The standard InChI is InChI=1S/C11H22O3S/c1-5-6-9(2)8-15(13)10(3)7-11(12)14-4/h9-10H,5-8H2,1-4H3. The number of carbonyl (C=O) groups excluding carboxylic acids is 1. The lowest BCUT2D eigenvalue weighted by molar-refractivity contribution is -0.140. The maximum absolute atomic E-state index is 11.8. The van der Waals surface area contributed by atoms with E-state index < -0.39 is 10.8 Å². The van der Waals surface area contributed by atoms with E-state index in [0.29, 0.717) is 11.7 Å². The summed E-state index contributed by atoms with van der Waals surface area (Å²) < 4.78 is 16.3. The molecule has 0 aromatic rings. The first-order valence-electron chi connectivity index (χ1n) is 5.45. The zero-order valence-corrected chi connectivity index (χ0v) is 10.9. The first kappa shape index (κ1) is 14.6. The Morgan fingerprint density at radius 3 is 2.47 bits per heavy atom. The van der Waals surface area contributed by atoms with Crippen molar-refractivity contribution in [2.45, 2.75) is 45.3 Å². The van der Waals surface area contributed by atoms with E-state index in [-0.39, 0.29) is 17.6 Å². The van der Waals surface area contributed by atoms with Gasteiger partial charge in [-0.25, -0.2) is 0 Å². The van der Waals surface area contributed by atoms with Crippen LogP contribution in [0.2, 0.25) is 0 Å². The number of ether oxygens (including phenoxy) is 1. The Balaban J connectivity index is 3.93. The number of rotatable bonds is 7. The van der Waals surface area contributed by atoms with Crippen LogP contribution >= 0.6 is 0 Å². The van der Waals surface area contributed by atoms with Crippen LogP contribution in [0.15, 0.2) is 0 Å². The normalized spacial score (nSPS) is 16.8. The van der Waals surface area contributed by atoms with Crippen LogP contribution in [-0.2, 0) is 20.3 Å². The third kappa shape index (κ3) is 6.66. The van der Waals surface area contributed by atoms with Gasteiger partial charge < -0.3 is 4.74 Å². The Labute approximate surface area is 95.0 Å². The molecule has 0 aromatic carbocycles. The maximum atomic E-state index is 11.8. The highest BCUT2D eigenvalue weighted by Crippen LogP contribution is 2.11. The summed E-state index contributed by atoms with van der Waals surface area (Å²) in [6, 6.07) is 0. The van der Waals surface area contributed by atoms with Gasteiger partial charge in [-0.1, -0.05) is 33.6 Å². The van der Waals surface area contributed by atoms with Gasteiger partial charge in [-0.3, -0.25) is 9.00 Å². The average Bonchev–Trinajstić information content (AvgIpc) is 2.17. The number of hydrogen-bond acceptors (Lipinski definition) is 3. The summed E-state index contributed by atoms with van der Waals surface area (Å²) >= 11 is 0. The third-order valence-corrected chi connectivity index (χ3v) is 4.32. The van der Waals surface area contributed by atoms with Crippen LogP contribution in [0, 0.1) is 5.92 Å². The maximum Gasteiger partial charge on any atom is 0.306 e. The Hall–Kier alpha value is -0.380. The minimum atomic E-state index is -0.919. The predicted molar refractivity (Wildman–Crippen MR) is 63.2 cm³/mol. The van der Waals surface area contributed by atoms with Crippen molar-refractivity contribution in [2.24, 2.45) is 5.92 Å². The van der Waals surface area contributed by atoms with Crippen molar-refractivity contribution in [1.29, 1.82) is 0 Å². The highest BCUT2D eigenvalue weighted by atomic mass is 32.2. The van der Waals surface area contributed by atoms with Crippen LogP contribution in [0.5, 0.6) is 0 Å². The molecule has 4 heteroatoms. The van der Waals surface area contributed by atoms with Crippen LogP contribution in [0.4, 0.5) is 0 Å². The van der Waals surface area contributed by atoms with Gasteiger partial charge in [-0.2, -0.15) is 0 Å². The molecule has 0 aliphatic heterocycles. The number of carbonyl (C=O) groups is 1. The lowest BCUT2D eigenvalue weighted by atomic mass is 10.1. The van der Waals surface area contributed by atoms with Gasteiger partial charge in [0.05, 0.1) is 13.5 Å². The summed E-state index contributed by atoms with van der Waals surface area (Å²) in [6.07, 6.45) is 2.46. The number of esters is 1. The van der Waals surface area contributed by atoms with Crippen LogP contribution < -0.4 is 0 Å². The van der Waals surface area contributed by atoms with Crippen LogP contribution in [0.3, 0.4) is 0 Å². The molecule has 0 amide bonds. The number of methoxy groups -OCH3 is 1. The summed E-state index contributed by atoms with van der Waals surface area (Å²) in [7, 11) is 0.439. The molecule has 0 aliphatic rings. The van der Waals surface area contributed by atoms with Gasteiger partial charge in [0.2, 0.25) is 0 Å². The summed E-state index contributed by atoms with van der Waals surface area (Å²) in [4.78, 5) is 11.0. The zero-order chi connectivity index (χ0) is 11.8. The smallest absolute Gasteiger partial charge is 0.306 e. The minimum Gasteiger partial charge on any atom is -0.469 e. The molecule has 0 rings (SSSR count). The second-order valence-corrected chi connectivity index (χ2v) is 5.93. The van der Waals surface area contributed by atoms with Gasteiger partial charge in [0.25, 0.3) is 0 Å². The van der Waals surface area contributed by atoms with E-state index in [1.54, 1.807) is 0 Å². The Morgan fingerprint density at radius 2 is 2.00 bits per heavy atom. The van der Waals surface area contributed by atoms with Gasteiger partial charge >= 0.3 is 5.97 Å². The number of hydrogen-bond donors (Lipinski definition) is 0. The van der Waals surface area contributed by atoms with E-state index in [0.717, 1.165) is 12.8 Å². The van der Waals surface area contributed by atoms with Crippen molar-refractivity contribution in [3.63, 3.8) is 0 Å². The van der Waals surface area contributed by atoms with Crippen LogP contribution in [0.25, 0.3) is 0 Å². The van der Waals surface area contributed by atoms with Crippen LogP contribution in [0.1, 0.15) is 40.0 Å². The molecule has 0 N–H and O–H groups in total. The van der Waals surface area contributed by atoms with Gasteiger partial charge in [-0.15, -0.1) is 0 Å². The van der Waals surface area contributed by atoms with E-state index in [1.807, 2.05) is 6.92 Å². The van der Waals surface area contributed by atoms with Crippen molar-refractivity contribution in [2.75, 3.05) is 12.9 Å². The second-order valence-electron chi connectivity index (χ2n) is 4.03. The van der Waals surface area contributed by atoms with Gasteiger partial charge in [0.1, 0.15) is 0 Å². The lowest BCUT2D eigenvalue weighted by Gasteiger charge is -2.14. The first-order chi connectivity index (χ1) is 7.01. The molecule has 3 unspecified atom stereocenters. The SMILES string of the molecule is CCCC(C)CS(=O)C(C)CC(=O)OC. The van der Waals surface area contributed by atoms with Crippen molar-refractivity contribution >= 4 is 16.8 Å². The summed E-state index contributed by atoms with van der Waals surface area (Å²) in [6.45, 7) is 6.06. The van der Waals surface area contributed by atoms with E-state index in [2.05, 4.69) is 18.6 Å². The topological polar surface area (TPSA) is 43.4 Å². The molecule has 0 radical (unpaired) electrons. The fourth-order valence-corrected chi connectivity index (χ4v) is 2.81. The molecular formula is C11H22O3S. The van der Waals surface area contributed by atoms with E-state index >= 15 is 0 Å². The molecule has 0 heterocycles. The van der Waals surface area contributed by atoms with E-state index in [1.165, 1.54) is 7.11 Å². The van der Waals surface area contributed by atoms with Gasteiger partial charge in [0, 0.05) is 21.8 Å². The van der Waals surface area contributed by atoms with Crippen LogP contribution in [-0.4, -0.2) is 28.3 Å². The molecule has 0 aromatic heterocycles. The molecule has 0 saturated carbocycles. The zero-order valence-electron chi connectivity index (χ0n) is 10.1. The fourth-order valence-electron chi connectivity index (χ4n) is 1.43. The van der Waals surface area contributed by atoms with Crippen molar-refractivity contribution in [1.82, 2.24) is 0 Å². The van der Waals surface area contributed by atoms with Gasteiger partial charge in [0.15, 0.2) is 0 Å². The highest BCUT2D eigenvalue weighted by molar-refractivity contribution is 7.85. The van der Waals surface area contributed by atoms with E-state index in [9.17, 15) is 9.00 Å². The molecule has 0 spiro atoms. The summed E-state index contributed by atoms with van der Waals surface area (Å²) in [5.41, 5.74) is 0. The fraction of sp³-hybridized carbons (Fsp3) is 0.909. The molecule has 0 fully saturated rings. The highest BCUT2D eigenvalue weighted by Gasteiger charge is 2.17. The average molecular weight is 234 g/mol. The monoisotopic (exact) mass is 234 g/mol. The Kier molecular flexibility index (Phi) is 7.65. The minimum absolute atomic E-state index is 0.100. The molecule has 0 aliphatic carbocycles. The van der Waals surface area contributed by atoms with Gasteiger partial charge in [-0.05, 0) is 5.92 Å². The first-order valence-corrected chi connectivity index (χ1v) is 6.83. The van der Waals surface area contributed by atoms with Crippen molar-refractivity contribution in [3.05, 3.63) is 0 Å². The van der Waals surface area contributed by atoms with E-state index in [4.69, 9.17) is 0 Å². The Morgan fingerprint density at radius 1 is 1.40 bits per heavy atom. The lowest BCUT2D eigenvalue weighted by Crippen LogP contribution is -2.21. The predicted octanol–water partition coefficient (Wildman–Crippen LogP) is 2.12. The molecule has 90 valence electrons. The molecule has 0 bridgehead atoms. The Bertz CT molecular complexity index is 216. The largest absolute Gasteiger partial charge is 0.469 e. The quantitative estimate of drug-likeness (QED) is 0.634. The molecule has 0 saturated heterocycles. The molecule has 3 atom stereocenters. The van der Waals surface area contributed by atoms with Crippen molar-refractivity contribution < 1.29 is 13.7 Å². The summed E-state index contributed by atoms with van der Waals surface area (Å²) in [5, 5.41) is -0.100. The van der Waals surface area contributed by atoms with Crippen molar-refractivity contribution in [3.8, 4) is 0 Å². The molecule has 15 heavy (non-hydrogen) atoms. The summed E-state index contributed by atoms with van der Waals surface area (Å²) in [5.74, 6) is 0.876. The second kappa shape index (κ2) is 7.85. The third-order valence-electron chi connectivity index (χ3n) is 2.36. The molecular weight excluding hydrogens is 212 g/mol.